The van der Waals surface area contributed by atoms with E-state index in [2.05, 4.69) is 0 Å². The van der Waals surface area contributed by atoms with Gasteiger partial charge in [0.2, 0.25) is 11.9 Å². The van der Waals surface area contributed by atoms with E-state index in [0.29, 0.717) is 17.6 Å². The van der Waals surface area contributed by atoms with Crippen molar-refractivity contribution in [1.29, 1.82) is 0 Å². The highest BCUT2D eigenvalue weighted by Crippen LogP contribution is 2.83. The molecule has 6 aliphatic rings. The van der Waals surface area contributed by atoms with Gasteiger partial charge in [-0.2, -0.15) is 0 Å². The summed E-state index contributed by atoms with van der Waals surface area (Å²) in [6, 6.07) is 0. The van der Waals surface area contributed by atoms with Gasteiger partial charge < -0.3 is 24.1 Å². The fourth-order valence-corrected chi connectivity index (χ4v) is 7.60. The molecule has 1 N–H and O–H groups in total. The number of rotatable bonds is 0. The maximum Gasteiger partial charge on any atom is 0.344 e. The smallest absolute Gasteiger partial charge is 0.344 e. The molecule has 3 saturated heterocycles. The third kappa shape index (κ3) is 1.28. The Hall–Kier alpha value is -1.93. The van der Waals surface area contributed by atoms with Crippen molar-refractivity contribution < 1.29 is 38.4 Å². The number of hydrogen-bond acceptors (Lipinski definition) is 8. The summed E-state index contributed by atoms with van der Waals surface area (Å²) in [5, 5.41) is 11.2. The highest BCUT2D eigenvalue weighted by molar-refractivity contribution is 6.00. The van der Waals surface area contributed by atoms with Crippen LogP contribution in [0.3, 0.4) is 0 Å². The number of carbonyl (C=O) groups excluding carboxylic acids is 3. The van der Waals surface area contributed by atoms with E-state index in [0.717, 1.165) is 0 Å². The Kier molecular flexibility index (Phi) is 2.61. The quantitative estimate of drug-likeness (QED) is 0.473. The molecule has 6 unspecified atom stereocenters. The van der Waals surface area contributed by atoms with E-state index in [9.17, 15) is 19.5 Å². The van der Waals surface area contributed by atoms with Crippen molar-refractivity contribution in [3.05, 3.63) is 11.1 Å². The molecule has 2 spiro atoms. The van der Waals surface area contributed by atoms with Gasteiger partial charge in [0.25, 0.3) is 0 Å². The average Bonchev–Trinajstić information content (AvgIpc) is 3.30. The predicted octanol–water partition coefficient (Wildman–Crippen LogP) is 0.609. The van der Waals surface area contributed by atoms with Crippen molar-refractivity contribution in [3.63, 3.8) is 0 Å². The Morgan fingerprint density at radius 3 is 2.50 bits per heavy atom. The van der Waals surface area contributed by atoms with Crippen molar-refractivity contribution in [3.8, 4) is 0 Å². The summed E-state index contributed by atoms with van der Waals surface area (Å²) in [7, 11) is 0. The number of fused-ring (bicyclic) bond motifs is 1. The summed E-state index contributed by atoms with van der Waals surface area (Å²) >= 11 is 0. The number of hydrogen-bond donors (Lipinski definition) is 1. The molecular formula is C20H22O8. The van der Waals surface area contributed by atoms with Crippen molar-refractivity contribution in [1.82, 2.24) is 0 Å². The molecular weight excluding hydrogens is 368 g/mol. The van der Waals surface area contributed by atoms with Crippen molar-refractivity contribution in [2.24, 2.45) is 22.2 Å². The maximum absolute atomic E-state index is 13.2. The Balaban J connectivity index is 1.70. The van der Waals surface area contributed by atoms with Gasteiger partial charge >= 0.3 is 17.9 Å². The van der Waals surface area contributed by atoms with Gasteiger partial charge in [-0.15, -0.1) is 0 Å². The number of aliphatic hydroxyl groups is 1. The van der Waals surface area contributed by atoms with E-state index in [4.69, 9.17) is 18.9 Å². The second-order valence-corrected chi connectivity index (χ2v) is 10.1. The van der Waals surface area contributed by atoms with Crippen LogP contribution in [0.15, 0.2) is 11.1 Å². The lowest BCUT2D eigenvalue weighted by Crippen LogP contribution is -2.58. The lowest BCUT2D eigenvalue weighted by Gasteiger charge is -2.45. The molecule has 0 aromatic carbocycles. The third-order valence-electron chi connectivity index (χ3n) is 8.30. The molecule has 150 valence electrons. The minimum Gasteiger partial charge on any atom is -0.459 e. The molecule has 6 rings (SSSR count). The predicted molar refractivity (Wildman–Crippen MR) is 89.2 cm³/mol. The molecule has 5 fully saturated rings. The summed E-state index contributed by atoms with van der Waals surface area (Å²) in [5.41, 5.74) is -3.18. The van der Waals surface area contributed by atoms with Crippen LogP contribution in [-0.4, -0.2) is 53.2 Å². The highest BCUT2D eigenvalue weighted by Gasteiger charge is 2.96. The van der Waals surface area contributed by atoms with Gasteiger partial charge in [-0.1, -0.05) is 20.8 Å². The molecule has 4 heterocycles. The van der Waals surface area contributed by atoms with Crippen molar-refractivity contribution in [2.75, 3.05) is 0 Å². The van der Waals surface area contributed by atoms with E-state index < -0.39 is 58.9 Å². The Labute approximate surface area is 161 Å². The molecule has 0 bridgehead atoms. The van der Waals surface area contributed by atoms with Crippen LogP contribution in [0.4, 0.5) is 0 Å². The molecule has 2 aliphatic carbocycles. The molecule has 0 radical (unpaired) electrons. The summed E-state index contributed by atoms with van der Waals surface area (Å²) < 4.78 is 23.2. The van der Waals surface area contributed by atoms with Gasteiger partial charge in [-0.05, 0) is 24.7 Å². The van der Waals surface area contributed by atoms with E-state index in [-0.39, 0.29) is 17.8 Å². The maximum atomic E-state index is 13.2. The van der Waals surface area contributed by atoms with Crippen LogP contribution in [0.5, 0.6) is 0 Å². The number of aliphatic hydroxyl groups excluding tert-OH is 1. The molecule has 28 heavy (non-hydrogen) atoms. The first kappa shape index (κ1) is 17.0. The van der Waals surface area contributed by atoms with Crippen LogP contribution in [0.25, 0.3) is 0 Å². The van der Waals surface area contributed by atoms with Crippen LogP contribution in [0.1, 0.15) is 40.5 Å². The van der Waals surface area contributed by atoms with Gasteiger partial charge in [-0.25, -0.2) is 14.4 Å². The number of carbonyl (C=O) groups is 3. The monoisotopic (exact) mass is 390 g/mol. The van der Waals surface area contributed by atoms with Crippen LogP contribution in [-0.2, 0) is 33.3 Å². The molecule has 4 aliphatic heterocycles. The fourth-order valence-electron chi connectivity index (χ4n) is 7.60. The average molecular weight is 390 g/mol. The topological polar surface area (TPSA) is 108 Å². The first-order valence-corrected chi connectivity index (χ1v) is 9.73. The van der Waals surface area contributed by atoms with E-state index in [1.807, 2.05) is 20.8 Å². The number of esters is 3. The Morgan fingerprint density at radius 2 is 1.82 bits per heavy atom. The fraction of sp³-hybridized carbons (Fsp3) is 0.750. The second-order valence-electron chi connectivity index (χ2n) is 10.1. The van der Waals surface area contributed by atoms with Crippen LogP contribution in [0, 0.1) is 22.2 Å². The molecule has 0 aromatic rings. The second kappa shape index (κ2) is 4.31. The normalized spacial score (nSPS) is 53.0. The summed E-state index contributed by atoms with van der Waals surface area (Å²) in [6.07, 6.45) is -2.87. The Morgan fingerprint density at radius 1 is 1.11 bits per heavy atom. The molecule has 2 saturated carbocycles. The minimum atomic E-state index is -1.55. The van der Waals surface area contributed by atoms with Crippen LogP contribution >= 0.6 is 0 Å². The summed E-state index contributed by atoms with van der Waals surface area (Å²) in [5.74, 6) is -1.97. The third-order valence-corrected chi connectivity index (χ3v) is 8.30. The first-order valence-electron chi connectivity index (χ1n) is 9.73. The van der Waals surface area contributed by atoms with Gasteiger partial charge in [0.15, 0.2) is 6.10 Å². The van der Waals surface area contributed by atoms with Gasteiger partial charge in [0.05, 0.1) is 10.8 Å². The summed E-state index contributed by atoms with van der Waals surface area (Å²) in [4.78, 5) is 37.9. The molecule has 0 aromatic heterocycles. The SMILES string of the molecule is CC1=C2C(CC34C5C[C@@H](C(C)(C)C)C36C(OC(=O)[C@@H]6O)OC24C(=O)O5)OC1=O. The zero-order valence-electron chi connectivity index (χ0n) is 16.1. The van der Waals surface area contributed by atoms with Gasteiger partial charge in [0.1, 0.15) is 12.2 Å². The molecule has 8 nitrogen and oxygen atoms in total. The minimum absolute atomic E-state index is 0.193. The molecule has 8 heteroatoms. The van der Waals surface area contributed by atoms with Crippen LogP contribution in [0.2, 0.25) is 0 Å². The highest BCUT2D eigenvalue weighted by atomic mass is 16.7. The lowest BCUT2D eigenvalue weighted by molar-refractivity contribution is -0.191. The van der Waals surface area contributed by atoms with Gasteiger partial charge in [-0.3, -0.25) is 0 Å². The zero-order valence-corrected chi connectivity index (χ0v) is 16.1. The van der Waals surface area contributed by atoms with Gasteiger partial charge in [0, 0.05) is 17.6 Å². The zero-order chi connectivity index (χ0) is 20.0. The molecule has 0 amide bonds. The first-order chi connectivity index (χ1) is 13.0. The lowest BCUT2D eigenvalue weighted by atomic mass is 9.52. The van der Waals surface area contributed by atoms with E-state index in [1.54, 1.807) is 6.92 Å². The van der Waals surface area contributed by atoms with Crippen LogP contribution < -0.4 is 0 Å². The van der Waals surface area contributed by atoms with Crippen molar-refractivity contribution >= 4 is 17.9 Å². The Bertz CT molecular complexity index is 914. The number of ether oxygens (including phenoxy) is 4. The van der Waals surface area contributed by atoms with E-state index in [1.165, 1.54) is 0 Å². The molecule has 8 atom stereocenters. The largest absolute Gasteiger partial charge is 0.459 e. The van der Waals surface area contributed by atoms with E-state index >= 15 is 0 Å². The van der Waals surface area contributed by atoms with Crippen molar-refractivity contribution in [2.45, 2.75) is 70.7 Å². The standard InChI is InChI=1S/C20H22O8/c1-7-11-8(25-13(7)22)6-18-10-5-9(17(2,3)4)19(18)12(21)14(23)27-16(19)28-20(11,18)15(24)26-10/h8-10,12,16,21H,5-6H2,1-4H3/t8?,9-,10?,12-,16?,18?,19?,20?/m0/s1. The summed E-state index contributed by atoms with van der Waals surface area (Å²) in [6.45, 7) is 7.74.